The Bertz CT molecular complexity index is 914. The van der Waals surface area contributed by atoms with Crippen LogP contribution in [0.15, 0.2) is 53.9 Å². The summed E-state index contributed by atoms with van der Waals surface area (Å²) < 4.78 is 0. The van der Waals surface area contributed by atoms with Gasteiger partial charge in [0.05, 0.1) is 11.9 Å². The van der Waals surface area contributed by atoms with Crippen molar-refractivity contribution in [2.45, 2.75) is 12.8 Å². The first-order chi connectivity index (χ1) is 11.8. The molecular weight excluding hydrogens is 302 g/mol. The van der Waals surface area contributed by atoms with Crippen molar-refractivity contribution < 1.29 is 4.79 Å². The highest BCUT2D eigenvalue weighted by molar-refractivity contribution is 5.96. The minimum absolute atomic E-state index is 0.289. The molecule has 2 aromatic heterocycles. The summed E-state index contributed by atoms with van der Waals surface area (Å²) in [6, 6.07) is 11.8. The Morgan fingerprint density at radius 1 is 1.21 bits per heavy atom. The number of carbonyl (C=O) groups excluding carboxylic acids is 1. The van der Waals surface area contributed by atoms with E-state index in [1.165, 1.54) is 5.56 Å². The summed E-state index contributed by atoms with van der Waals surface area (Å²) in [5, 5.41) is 11.2. The van der Waals surface area contributed by atoms with Crippen molar-refractivity contribution >= 4 is 12.1 Å². The fraction of sp³-hybridized carbons (Fsp3) is 0.111. The molecule has 1 aliphatic carbocycles. The number of amides is 1. The Balaban J connectivity index is 1.55. The van der Waals surface area contributed by atoms with E-state index in [0.717, 1.165) is 35.2 Å². The average molecular weight is 317 g/mol. The molecule has 24 heavy (non-hydrogen) atoms. The molecular formula is C18H15N5O. The van der Waals surface area contributed by atoms with Gasteiger partial charge in [0.15, 0.2) is 0 Å². The molecule has 2 N–H and O–H groups in total. The molecule has 0 bridgehead atoms. The van der Waals surface area contributed by atoms with Gasteiger partial charge in [0.2, 0.25) is 0 Å². The van der Waals surface area contributed by atoms with Gasteiger partial charge >= 0.3 is 0 Å². The number of hydrazone groups is 1. The SMILES string of the molecule is O=C(NN=Cc1cccnc1)c1[nH]nc2c1CCc1ccccc1-2. The predicted octanol–water partition coefficient (Wildman–Crippen LogP) is 2.33. The average Bonchev–Trinajstić information content (AvgIpc) is 3.07. The lowest BCUT2D eigenvalue weighted by atomic mass is 9.89. The van der Waals surface area contributed by atoms with Crippen LogP contribution in [0.1, 0.15) is 27.2 Å². The second-order valence-corrected chi connectivity index (χ2v) is 5.57. The van der Waals surface area contributed by atoms with Gasteiger partial charge in [-0.1, -0.05) is 30.3 Å². The summed E-state index contributed by atoms with van der Waals surface area (Å²) in [5.41, 5.74) is 7.99. The van der Waals surface area contributed by atoms with Crippen molar-refractivity contribution in [1.29, 1.82) is 0 Å². The van der Waals surface area contributed by atoms with Gasteiger partial charge in [-0.05, 0) is 24.5 Å². The summed E-state index contributed by atoms with van der Waals surface area (Å²) in [6.45, 7) is 0. The first-order valence-corrected chi connectivity index (χ1v) is 7.72. The molecule has 0 fully saturated rings. The Morgan fingerprint density at radius 2 is 2.12 bits per heavy atom. The van der Waals surface area contributed by atoms with Crippen LogP contribution in [0.4, 0.5) is 0 Å². The molecule has 0 unspecified atom stereocenters. The van der Waals surface area contributed by atoms with Gasteiger partial charge in [-0.15, -0.1) is 0 Å². The number of carbonyl (C=O) groups is 1. The topological polar surface area (TPSA) is 83.0 Å². The number of aromatic amines is 1. The zero-order valence-electron chi connectivity index (χ0n) is 12.9. The second kappa shape index (κ2) is 6.08. The summed E-state index contributed by atoms with van der Waals surface area (Å²) in [6.07, 6.45) is 6.61. The van der Waals surface area contributed by atoms with E-state index in [1.54, 1.807) is 18.6 Å². The number of benzene rings is 1. The van der Waals surface area contributed by atoms with Crippen LogP contribution in [0.2, 0.25) is 0 Å². The minimum atomic E-state index is -0.289. The molecule has 1 amide bonds. The van der Waals surface area contributed by atoms with E-state index in [4.69, 9.17) is 0 Å². The monoisotopic (exact) mass is 317 g/mol. The van der Waals surface area contributed by atoms with Crippen LogP contribution in [-0.4, -0.2) is 27.3 Å². The number of aryl methyl sites for hydroxylation is 1. The molecule has 3 aromatic rings. The number of hydrogen-bond acceptors (Lipinski definition) is 4. The highest BCUT2D eigenvalue weighted by Crippen LogP contribution is 2.33. The molecule has 2 heterocycles. The zero-order valence-corrected chi connectivity index (χ0v) is 12.9. The van der Waals surface area contributed by atoms with Crippen LogP contribution in [0.5, 0.6) is 0 Å². The number of pyridine rings is 1. The van der Waals surface area contributed by atoms with Gasteiger partial charge < -0.3 is 0 Å². The van der Waals surface area contributed by atoms with E-state index in [0.29, 0.717) is 5.69 Å². The van der Waals surface area contributed by atoms with Crippen LogP contribution >= 0.6 is 0 Å². The standard InChI is InChI=1S/C18H15N5O/c24-18(23-20-11-12-4-3-9-19-10-12)17-15-8-7-13-5-1-2-6-14(13)16(15)21-22-17/h1-6,9-11H,7-8H2,(H,21,22)(H,23,24). The highest BCUT2D eigenvalue weighted by Gasteiger charge is 2.24. The Morgan fingerprint density at radius 3 is 3.00 bits per heavy atom. The number of nitrogens with one attached hydrogen (secondary N) is 2. The first kappa shape index (κ1) is 14.3. The maximum absolute atomic E-state index is 12.4. The van der Waals surface area contributed by atoms with E-state index < -0.39 is 0 Å². The molecule has 0 saturated heterocycles. The summed E-state index contributed by atoms with van der Waals surface area (Å²) >= 11 is 0. The summed E-state index contributed by atoms with van der Waals surface area (Å²) in [5.74, 6) is -0.289. The molecule has 0 aliphatic heterocycles. The van der Waals surface area contributed by atoms with E-state index in [-0.39, 0.29) is 5.91 Å². The van der Waals surface area contributed by atoms with E-state index in [1.807, 2.05) is 30.3 Å². The molecule has 118 valence electrons. The largest absolute Gasteiger partial charge is 0.289 e. The summed E-state index contributed by atoms with van der Waals surface area (Å²) in [7, 11) is 0. The van der Waals surface area contributed by atoms with E-state index >= 15 is 0 Å². The van der Waals surface area contributed by atoms with Gasteiger partial charge in [-0.3, -0.25) is 14.9 Å². The molecule has 0 atom stereocenters. The van der Waals surface area contributed by atoms with Crippen LogP contribution in [0.25, 0.3) is 11.3 Å². The van der Waals surface area contributed by atoms with E-state index in [9.17, 15) is 4.79 Å². The molecule has 1 aromatic carbocycles. The van der Waals surface area contributed by atoms with Crippen LogP contribution in [0, 0.1) is 0 Å². The number of H-pyrrole nitrogens is 1. The van der Waals surface area contributed by atoms with Crippen molar-refractivity contribution in [1.82, 2.24) is 20.6 Å². The first-order valence-electron chi connectivity index (χ1n) is 7.72. The lowest BCUT2D eigenvalue weighted by Crippen LogP contribution is -2.20. The molecule has 1 aliphatic rings. The van der Waals surface area contributed by atoms with Gasteiger partial charge in [0.25, 0.3) is 5.91 Å². The van der Waals surface area contributed by atoms with Crippen molar-refractivity contribution in [3.8, 4) is 11.3 Å². The van der Waals surface area contributed by atoms with Crippen molar-refractivity contribution in [2.24, 2.45) is 5.10 Å². The fourth-order valence-corrected chi connectivity index (χ4v) is 2.92. The van der Waals surface area contributed by atoms with Crippen LogP contribution < -0.4 is 5.43 Å². The molecule has 4 rings (SSSR count). The maximum Gasteiger partial charge on any atom is 0.289 e. The lowest BCUT2D eigenvalue weighted by Gasteiger charge is -2.15. The third kappa shape index (κ3) is 2.58. The Hall–Kier alpha value is -3.28. The molecule has 0 radical (unpaired) electrons. The number of nitrogens with zero attached hydrogens (tertiary/aromatic N) is 3. The number of fused-ring (bicyclic) bond motifs is 3. The molecule has 0 saturated carbocycles. The number of rotatable bonds is 3. The van der Waals surface area contributed by atoms with Crippen LogP contribution in [0.3, 0.4) is 0 Å². The quantitative estimate of drug-likeness (QED) is 0.574. The Kier molecular flexibility index (Phi) is 3.63. The summed E-state index contributed by atoms with van der Waals surface area (Å²) in [4.78, 5) is 16.4. The lowest BCUT2D eigenvalue weighted by molar-refractivity contribution is 0.0949. The third-order valence-electron chi connectivity index (χ3n) is 4.08. The Labute approximate surface area is 138 Å². The smallest absolute Gasteiger partial charge is 0.272 e. The predicted molar refractivity (Wildman–Crippen MR) is 90.7 cm³/mol. The van der Waals surface area contributed by atoms with Crippen molar-refractivity contribution in [3.05, 3.63) is 71.2 Å². The molecule has 6 heteroatoms. The maximum atomic E-state index is 12.4. The molecule has 0 spiro atoms. The normalized spacial score (nSPS) is 12.7. The third-order valence-corrected chi connectivity index (χ3v) is 4.08. The fourth-order valence-electron chi connectivity index (χ4n) is 2.92. The zero-order chi connectivity index (χ0) is 16.4. The van der Waals surface area contributed by atoms with Gasteiger partial charge in [0.1, 0.15) is 5.69 Å². The van der Waals surface area contributed by atoms with Crippen molar-refractivity contribution in [3.63, 3.8) is 0 Å². The van der Waals surface area contributed by atoms with Gasteiger partial charge in [-0.25, -0.2) is 5.43 Å². The number of hydrogen-bond donors (Lipinski definition) is 2. The van der Waals surface area contributed by atoms with Crippen molar-refractivity contribution in [2.75, 3.05) is 0 Å². The van der Waals surface area contributed by atoms with Gasteiger partial charge in [0, 0.05) is 29.1 Å². The van der Waals surface area contributed by atoms with E-state index in [2.05, 4.69) is 31.8 Å². The highest BCUT2D eigenvalue weighted by atomic mass is 16.2. The second-order valence-electron chi connectivity index (χ2n) is 5.57. The minimum Gasteiger partial charge on any atom is -0.272 e. The molecule has 6 nitrogen and oxygen atoms in total. The number of aromatic nitrogens is 3. The van der Waals surface area contributed by atoms with Gasteiger partial charge in [-0.2, -0.15) is 10.2 Å². The van der Waals surface area contributed by atoms with Crippen LogP contribution in [-0.2, 0) is 12.8 Å².